The highest BCUT2D eigenvalue weighted by Gasteiger charge is 2.21. The van der Waals surface area contributed by atoms with Crippen LogP contribution in [0, 0.1) is 0 Å². The Morgan fingerprint density at radius 3 is 3.20 bits per heavy atom. The number of nitrogens with one attached hydrogen (secondary N) is 1. The number of nitrogens with two attached hydrogens (primary N) is 1. The molecular formula is C14H18N4OS. The van der Waals surface area contributed by atoms with Crippen molar-refractivity contribution in [3.63, 3.8) is 0 Å². The van der Waals surface area contributed by atoms with Crippen LogP contribution in [-0.4, -0.2) is 34.1 Å². The molecule has 0 bridgehead atoms. The number of nitrogens with zero attached hydrogens (tertiary/aromatic N) is 2. The number of H-pyrrole nitrogens is 1. The number of nitrogen functional groups attached to an aromatic ring is 1. The van der Waals surface area contributed by atoms with E-state index < -0.39 is 0 Å². The third-order valence-electron chi connectivity index (χ3n) is 3.61. The van der Waals surface area contributed by atoms with Crippen molar-refractivity contribution in [2.75, 3.05) is 29.5 Å². The highest BCUT2D eigenvalue weighted by molar-refractivity contribution is 8.00. The second-order valence-electron chi connectivity index (χ2n) is 5.01. The number of rotatable bonds is 2. The van der Waals surface area contributed by atoms with Crippen molar-refractivity contribution >= 4 is 34.3 Å². The summed E-state index contributed by atoms with van der Waals surface area (Å²) in [7, 11) is 0. The fraction of sp³-hybridized carbons (Fsp3) is 0.429. The molecular weight excluding hydrogens is 272 g/mol. The number of aromatic nitrogens is 2. The third-order valence-corrected chi connectivity index (χ3v) is 4.98. The van der Waals surface area contributed by atoms with Crippen molar-refractivity contribution < 1.29 is 0 Å². The lowest BCUT2D eigenvalue weighted by Crippen LogP contribution is -2.39. The van der Waals surface area contributed by atoms with Crippen LogP contribution in [0.4, 0.5) is 11.6 Å². The van der Waals surface area contributed by atoms with Gasteiger partial charge >= 0.3 is 0 Å². The summed E-state index contributed by atoms with van der Waals surface area (Å²) in [5, 5.41) is 1.16. The van der Waals surface area contributed by atoms with E-state index in [-0.39, 0.29) is 5.56 Å². The van der Waals surface area contributed by atoms with E-state index in [0.29, 0.717) is 27.8 Å². The number of fused-ring (bicyclic) bond motifs is 1. The lowest BCUT2D eigenvalue weighted by atomic mass is 10.2. The SMILES string of the molecule is CCC1CN(c2nc3ccc(N)cc3c(=O)[nH]2)CCS1. The van der Waals surface area contributed by atoms with Gasteiger partial charge in [-0.1, -0.05) is 6.92 Å². The van der Waals surface area contributed by atoms with Crippen LogP contribution in [0.2, 0.25) is 0 Å². The molecule has 6 heteroatoms. The zero-order valence-electron chi connectivity index (χ0n) is 11.4. The molecule has 20 heavy (non-hydrogen) atoms. The van der Waals surface area contributed by atoms with E-state index in [4.69, 9.17) is 5.73 Å². The van der Waals surface area contributed by atoms with E-state index in [1.165, 1.54) is 0 Å². The molecule has 106 valence electrons. The Labute approximate surface area is 121 Å². The van der Waals surface area contributed by atoms with Crippen LogP contribution in [0.15, 0.2) is 23.0 Å². The molecule has 1 unspecified atom stereocenters. The monoisotopic (exact) mass is 290 g/mol. The quantitative estimate of drug-likeness (QED) is 0.825. The highest BCUT2D eigenvalue weighted by Crippen LogP contribution is 2.24. The van der Waals surface area contributed by atoms with Gasteiger partial charge in [0.05, 0.1) is 10.9 Å². The van der Waals surface area contributed by atoms with Crippen LogP contribution in [0.25, 0.3) is 10.9 Å². The summed E-state index contributed by atoms with van der Waals surface area (Å²) < 4.78 is 0. The summed E-state index contributed by atoms with van der Waals surface area (Å²) in [6.45, 7) is 4.05. The number of benzene rings is 1. The Kier molecular flexibility index (Phi) is 3.56. The summed E-state index contributed by atoms with van der Waals surface area (Å²) in [6, 6.07) is 5.25. The molecule has 0 aliphatic carbocycles. The summed E-state index contributed by atoms with van der Waals surface area (Å²) in [6.07, 6.45) is 1.13. The molecule has 2 heterocycles. The first-order valence-corrected chi connectivity index (χ1v) is 7.88. The average molecular weight is 290 g/mol. The molecule has 1 atom stereocenters. The molecule has 0 spiro atoms. The highest BCUT2D eigenvalue weighted by atomic mass is 32.2. The van der Waals surface area contributed by atoms with E-state index in [0.717, 1.165) is 25.3 Å². The third kappa shape index (κ3) is 2.47. The molecule has 3 rings (SSSR count). The van der Waals surface area contributed by atoms with Gasteiger partial charge in [0.1, 0.15) is 0 Å². The van der Waals surface area contributed by atoms with Gasteiger partial charge in [-0.3, -0.25) is 9.78 Å². The van der Waals surface area contributed by atoms with Gasteiger partial charge in [0.2, 0.25) is 5.95 Å². The van der Waals surface area contributed by atoms with E-state index >= 15 is 0 Å². The Bertz CT molecular complexity index is 684. The zero-order chi connectivity index (χ0) is 14.1. The first kappa shape index (κ1) is 13.3. The fourth-order valence-corrected chi connectivity index (χ4v) is 3.63. The molecule has 1 aromatic carbocycles. The summed E-state index contributed by atoms with van der Waals surface area (Å²) in [5.41, 5.74) is 6.87. The first-order valence-electron chi connectivity index (χ1n) is 6.83. The van der Waals surface area contributed by atoms with Crippen LogP contribution in [-0.2, 0) is 0 Å². The van der Waals surface area contributed by atoms with Crippen molar-refractivity contribution in [1.82, 2.24) is 9.97 Å². The van der Waals surface area contributed by atoms with Crippen LogP contribution < -0.4 is 16.2 Å². The van der Waals surface area contributed by atoms with Crippen molar-refractivity contribution in [2.24, 2.45) is 0 Å². The second-order valence-corrected chi connectivity index (χ2v) is 6.42. The minimum absolute atomic E-state index is 0.122. The largest absolute Gasteiger partial charge is 0.399 e. The second kappa shape index (κ2) is 5.36. The van der Waals surface area contributed by atoms with Gasteiger partial charge in [0.15, 0.2) is 0 Å². The molecule has 1 saturated heterocycles. The topological polar surface area (TPSA) is 75.0 Å². The van der Waals surface area contributed by atoms with E-state index in [2.05, 4.69) is 21.8 Å². The maximum atomic E-state index is 12.2. The fourth-order valence-electron chi connectivity index (χ4n) is 2.45. The number of anilines is 2. The summed E-state index contributed by atoms with van der Waals surface area (Å²) in [5.74, 6) is 1.74. The summed E-state index contributed by atoms with van der Waals surface area (Å²) in [4.78, 5) is 21.8. The van der Waals surface area contributed by atoms with Crippen LogP contribution in [0.5, 0.6) is 0 Å². The number of aromatic amines is 1. The summed E-state index contributed by atoms with van der Waals surface area (Å²) >= 11 is 1.99. The Morgan fingerprint density at radius 2 is 2.40 bits per heavy atom. The lowest BCUT2D eigenvalue weighted by Gasteiger charge is -2.32. The van der Waals surface area contributed by atoms with Gasteiger partial charge in [-0.15, -0.1) is 0 Å². The van der Waals surface area contributed by atoms with Crippen molar-refractivity contribution in [3.8, 4) is 0 Å². The maximum Gasteiger partial charge on any atom is 0.260 e. The normalized spacial score (nSPS) is 19.4. The van der Waals surface area contributed by atoms with E-state index in [1.807, 2.05) is 11.8 Å². The van der Waals surface area contributed by atoms with Gasteiger partial charge in [-0.25, -0.2) is 4.98 Å². The molecule has 0 amide bonds. The molecule has 1 aromatic heterocycles. The van der Waals surface area contributed by atoms with Crippen molar-refractivity contribution in [1.29, 1.82) is 0 Å². The Balaban J connectivity index is 2.00. The molecule has 1 aliphatic rings. The number of thioether (sulfide) groups is 1. The molecule has 1 aliphatic heterocycles. The van der Waals surface area contributed by atoms with Crippen molar-refractivity contribution in [3.05, 3.63) is 28.6 Å². The van der Waals surface area contributed by atoms with Gasteiger partial charge in [0.25, 0.3) is 5.56 Å². The lowest BCUT2D eigenvalue weighted by molar-refractivity contribution is 0.710. The van der Waals surface area contributed by atoms with Crippen LogP contribution in [0.3, 0.4) is 0 Å². The average Bonchev–Trinajstić information content (AvgIpc) is 2.48. The predicted octanol–water partition coefficient (Wildman–Crippen LogP) is 1.84. The number of hydrogen-bond donors (Lipinski definition) is 2. The molecule has 0 radical (unpaired) electrons. The van der Waals surface area contributed by atoms with Crippen LogP contribution >= 0.6 is 11.8 Å². The Morgan fingerprint density at radius 1 is 1.55 bits per heavy atom. The Hall–Kier alpha value is -1.69. The minimum atomic E-state index is -0.122. The van der Waals surface area contributed by atoms with Gasteiger partial charge in [-0.2, -0.15) is 11.8 Å². The molecule has 1 fully saturated rings. The van der Waals surface area contributed by atoms with Gasteiger partial charge in [0, 0.05) is 29.8 Å². The molecule has 5 nitrogen and oxygen atoms in total. The van der Waals surface area contributed by atoms with E-state index in [1.54, 1.807) is 18.2 Å². The van der Waals surface area contributed by atoms with Gasteiger partial charge < -0.3 is 10.6 Å². The number of hydrogen-bond acceptors (Lipinski definition) is 5. The van der Waals surface area contributed by atoms with Crippen LogP contribution in [0.1, 0.15) is 13.3 Å². The zero-order valence-corrected chi connectivity index (χ0v) is 12.2. The molecule has 2 aromatic rings. The standard InChI is InChI=1S/C14H18N4OS/c1-2-10-8-18(5-6-20-10)14-16-12-4-3-9(15)7-11(12)13(19)17-14/h3-4,7,10H,2,5-6,8,15H2,1H3,(H,16,17,19). The maximum absolute atomic E-state index is 12.2. The predicted molar refractivity (Wildman–Crippen MR) is 85.5 cm³/mol. The minimum Gasteiger partial charge on any atom is -0.399 e. The molecule has 0 saturated carbocycles. The smallest absolute Gasteiger partial charge is 0.260 e. The van der Waals surface area contributed by atoms with Gasteiger partial charge in [-0.05, 0) is 24.6 Å². The molecule has 3 N–H and O–H groups in total. The van der Waals surface area contributed by atoms with Crippen molar-refractivity contribution in [2.45, 2.75) is 18.6 Å². The first-order chi connectivity index (χ1) is 9.67. The van der Waals surface area contributed by atoms with E-state index in [9.17, 15) is 4.79 Å².